The second-order valence-corrected chi connectivity index (χ2v) is 7.99. The molecular weight excluding hydrogens is 398 g/mol. The van der Waals surface area contributed by atoms with Gasteiger partial charge in [0.15, 0.2) is 0 Å². The monoisotopic (exact) mass is 417 g/mol. The maximum atomic E-state index is 12.1. The molecule has 152 valence electrons. The predicted molar refractivity (Wildman–Crippen MR) is 103 cm³/mol. The molecule has 0 saturated carbocycles. The van der Waals surface area contributed by atoms with Crippen LogP contribution in [0.15, 0.2) is 53.7 Å². The van der Waals surface area contributed by atoms with E-state index in [0.717, 1.165) is 4.90 Å². The predicted octanol–water partition coefficient (Wildman–Crippen LogP) is 0.440. The number of anilines is 1. The number of pyridine rings is 1. The number of nitrogens with zero attached hydrogens (tertiary/aromatic N) is 2. The number of hydrogen-bond donors (Lipinski definition) is 3. The minimum absolute atomic E-state index is 0.0219. The lowest BCUT2D eigenvalue weighted by Gasteiger charge is -2.13. The topological polar surface area (TPSA) is 138 Å². The summed E-state index contributed by atoms with van der Waals surface area (Å²) in [6.45, 7) is -0.00526. The summed E-state index contributed by atoms with van der Waals surface area (Å²) >= 11 is 0. The van der Waals surface area contributed by atoms with Crippen molar-refractivity contribution in [1.29, 1.82) is 0 Å². The third-order valence-electron chi connectivity index (χ3n) is 4.08. The van der Waals surface area contributed by atoms with Gasteiger partial charge in [-0.25, -0.2) is 17.9 Å². The van der Waals surface area contributed by atoms with Gasteiger partial charge in [-0.2, -0.15) is 0 Å². The number of imide groups is 1. The van der Waals surface area contributed by atoms with Gasteiger partial charge in [0.2, 0.25) is 21.8 Å². The molecule has 1 aromatic carbocycles. The van der Waals surface area contributed by atoms with Gasteiger partial charge in [0.1, 0.15) is 4.90 Å². The molecule has 4 amide bonds. The van der Waals surface area contributed by atoms with Gasteiger partial charge in [0.05, 0.1) is 13.1 Å². The fourth-order valence-corrected chi connectivity index (χ4v) is 3.65. The van der Waals surface area contributed by atoms with Crippen LogP contribution in [0.4, 0.5) is 10.5 Å². The van der Waals surface area contributed by atoms with Crippen LogP contribution in [0.25, 0.3) is 0 Å². The van der Waals surface area contributed by atoms with E-state index in [0.29, 0.717) is 11.3 Å². The van der Waals surface area contributed by atoms with Gasteiger partial charge in [-0.1, -0.05) is 12.1 Å². The zero-order valence-corrected chi connectivity index (χ0v) is 16.1. The molecule has 0 atom stereocenters. The average Bonchev–Trinajstić information content (AvgIpc) is 3.01. The van der Waals surface area contributed by atoms with Crippen LogP contribution in [0.2, 0.25) is 0 Å². The number of hydrogen-bond acceptors (Lipinski definition) is 6. The summed E-state index contributed by atoms with van der Waals surface area (Å²) < 4.78 is 26.5. The van der Waals surface area contributed by atoms with E-state index in [-0.39, 0.29) is 42.8 Å². The molecule has 1 aromatic heterocycles. The average molecular weight is 417 g/mol. The Labute approximate surface area is 167 Å². The summed E-state index contributed by atoms with van der Waals surface area (Å²) in [5.41, 5.74) is 1.15. The van der Waals surface area contributed by atoms with Crippen molar-refractivity contribution in [1.82, 2.24) is 19.9 Å². The van der Waals surface area contributed by atoms with Gasteiger partial charge in [-0.15, -0.1) is 0 Å². The molecule has 0 aliphatic carbocycles. The molecular formula is C18H19N5O5S. The Morgan fingerprint density at radius 1 is 1.21 bits per heavy atom. The quantitative estimate of drug-likeness (QED) is 0.533. The summed E-state index contributed by atoms with van der Waals surface area (Å²) in [5.74, 6) is -0.698. The number of sulfonamides is 1. The molecule has 0 spiro atoms. The van der Waals surface area contributed by atoms with Crippen molar-refractivity contribution >= 4 is 33.6 Å². The lowest BCUT2D eigenvalue weighted by atomic mass is 10.2. The van der Waals surface area contributed by atoms with Crippen molar-refractivity contribution < 1.29 is 22.8 Å². The second kappa shape index (κ2) is 8.80. The van der Waals surface area contributed by atoms with Gasteiger partial charge < -0.3 is 10.6 Å². The van der Waals surface area contributed by atoms with E-state index >= 15 is 0 Å². The number of carbonyl (C=O) groups excluding carboxylic acids is 3. The number of urea groups is 1. The van der Waals surface area contributed by atoms with E-state index < -0.39 is 16.1 Å². The van der Waals surface area contributed by atoms with E-state index in [9.17, 15) is 22.8 Å². The molecule has 3 N–H and O–H groups in total. The minimum Gasteiger partial charge on any atom is -0.329 e. The van der Waals surface area contributed by atoms with Crippen LogP contribution in [-0.4, -0.2) is 49.2 Å². The normalized spacial score (nSPS) is 14.0. The molecule has 1 aliphatic rings. The summed E-state index contributed by atoms with van der Waals surface area (Å²) in [6, 6.07) is 9.19. The van der Waals surface area contributed by atoms with E-state index in [4.69, 9.17) is 0 Å². The molecule has 1 aliphatic heterocycles. The van der Waals surface area contributed by atoms with Crippen molar-refractivity contribution in [2.75, 3.05) is 18.4 Å². The maximum absolute atomic E-state index is 12.1. The van der Waals surface area contributed by atoms with Gasteiger partial charge in [-0.3, -0.25) is 19.5 Å². The number of nitrogens with one attached hydrogen (secondary N) is 3. The number of amides is 4. The first-order valence-electron chi connectivity index (χ1n) is 8.72. The first kappa shape index (κ1) is 20.4. The van der Waals surface area contributed by atoms with Crippen molar-refractivity contribution in [2.45, 2.75) is 17.9 Å². The standard InChI is InChI=1S/C18H19N5O5S/c24-16(6-8-21-29(27,28)15-5-2-7-19-10-15)22-14-4-1-3-13(9-14)12-23-17(25)11-20-18(23)26/h1-5,7,9-10,21H,6,8,11-12H2,(H,20,26)(H,22,24). The molecule has 2 aromatic rings. The fourth-order valence-electron chi connectivity index (χ4n) is 2.66. The highest BCUT2D eigenvalue weighted by Crippen LogP contribution is 2.14. The van der Waals surface area contributed by atoms with Crippen LogP contribution in [0.5, 0.6) is 0 Å². The largest absolute Gasteiger partial charge is 0.329 e. The third-order valence-corrected chi connectivity index (χ3v) is 5.52. The highest BCUT2D eigenvalue weighted by Gasteiger charge is 2.28. The number of benzene rings is 1. The Morgan fingerprint density at radius 3 is 2.72 bits per heavy atom. The zero-order valence-electron chi connectivity index (χ0n) is 15.3. The highest BCUT2D eigenvalue weighted by molar-refractivity contribution is 7.89. The summed E-state index contributed by atoms with van der Waals surface area (Å²) in [4.78, 5) is 40.3. The van der Waals surface area contributed by atoms with Crippen molar-refractivity contribution in [2.24, 2.45) is 0 Å². The van der Waals surface area contributed by atoms with E-state index in [1.165, 1.54) is 24.5 Å². The molecule has 1 fully saturated rings. The van der Waals surface area contributed by atoms with E-state index in [2.05, 4.69) is 20.3 Å². The van der Waals surface area contributed by atoms with Crippen LogP contribution in [0.1, 0.15) is 12.0 Å². The molecule has 3 rings (SSSR count). The molecule has 1 saturated heterocycles. The van der Waals surface area contributed by atoms with Crippen LogP contribution in [0, 0.1) is 0 Å². The molecule has 0 bridgehead atoms. The highest BCUT2D eigenvalue weighted by atomic mass is 32.2. The maximum Gasteiger partial charge on any atom is 0.324 e. The van der Waals surface area contributed by atoms with Gasteiger partial charge >= 0.3 is 6.03 Å². The Kier molecular flexibility index (Phi) is 6.20. The molecule has 2 heterocycles. The van der Waals surface area contributed by atoms with Gasteiger partial charge in [-0.05, 0) is 29.8 Å². The lowest BCUT2D eigenvalue weighted by Crippen LogP contribution is -2.30. The second-order valence-electron chi connectivity index (χ2n) is 6.22. The summed E-state index contributed by atoms with van der Waals surface area (Å²) in [6.07, 6.45) is 2.61. The molecule has 0 radical (unpaired) electrons. The number of carbonyl (C=O) groups is 3. The smallest absolute Gasteiger partial charge is 0.324 e. The van der Waals surface area contributed by atoms with Crippen molar-refractivity contribution in [3.63, 3.8) is 0 Å². The van der Waals surface area contributed by atoms with Crippen LogP contribution >= 0.6 is 0 Å². The molecule has 11 heteroatoms. The first-order chi connectivity index (χ1) is 13.8. The SMILES string of the molecule is O=C(CCNS(=O)(=O)c1cccnc1)Nc1cccc(CN2C(=O)CNC2=O)c1. The number of rotatable bonds is 8. The lowest BCUT2D eigenvalue weighted by molar-refractivity contribution is -0.125. The van der Waals surface area contributed by atoms with Crippen molar-refractivity contribution in [3.8, 4) is 0 Å². The minimum atomic E-state index is -3.73. The summed E-state index contributed by atoms with van der Waals surface area (Å²) in [7, 11) is -3.73. The number of aromatic nitrogens is 1. The van der Waals surface area contributed by atoms with Crippen LogP contribution in [0.3, 0.4) is 0 Å². The van der Waals surface area contributed by atoms with E-state index in [1.807, 2.05) is 0 Å². The Hall–Kier alpha value is -3.31. The summed E-state index contributed by atoms with van der Waals surface area (Å²) in [5, 5.41) is 5.11. The van der Waals surface area contributed by atoms with Gasteiger partial charge in [0, 0.05) is 31.0 Å². The fraction of sp³-hybridized carbons (Fsp3) is 0.222. The third kappa shape index (κ3) is 5.36. The van der Waals surface area contributed by atoms with Crippen LogP contribution in [-0.2, 0) is 26.2 Å². The van der Waals surface area contributed by atoms with Crippen LogP contribution < -0.4 is 15.4 Å². The Morgan fingerprint density at radius 2 is 2.03 bits per heavy atom. The van der Waals surface area contributed by atoms with E-state index in [1.54, 1.807) is 24.3 Å². The molecule has 29 heavy (non-hydrogen) atoms. The van der Waals surface area contributed by atoms with Crippen molar-refractivity contribution in [3.05, 3.63) is 54.4 Å². The Bertz CT molecular complexity index is 1010. The zero-order chi connectivity index (χ0) is 20.9. The Balaban J connectivity index is 1.52. The molecule has 0 unspecified atom stereocenters. The first-order valence-corrected chi connectivity index (χ1v) is 10.2. The van der Waals surface area contributed by atoms with Gasteiger partial charge in [0.25, 0.3) is 0 Å². The molecule has 10 nitrogen and oxygen atoms in total.